The van der Waals surface area contributed by atoms with Crippen LogP contribution in [0.4, 0.5) is 15.8 Å². The lowest BCUT2D eigenvalue weighted by molar-refractivity contribution is 0.0953. The van der Waals surface area contributed by atoms with E-state index >= 15 is 0 Å². The molecule has 23 heavy (non-hydrogen) atoms. The average Bonchev–Trinajstić information content (AvgIpc) is 2.54. The number of nitrogen functional groups attached to an aromatic ring is 1. The van der Waals surface area contributed by atoms with Crippen molar-refractivity contribution in [1.82, 2.24) is 9.99 Å². The summed E-state index contributed by atoms with van der Waals surface area (Å²) in [5.74, 6) is 4.06. The van der Waals surface area contributed by atoms with Crippen molar-refractivity contribution in [3.05, 3.63) is 57.8 Å². The van der Waals surface area contributed by atoms with Gasteiger partial charge in [0.1, 0.15) is 5.82 Å². The van der Waals surface area contributed by atoms with Crippen LogP contribution in [0.3, 0.4) is 0 Å². The van der Waals surface area contributed by atoms with Gasteiger partial charge in [0.2, 0.25) is 0 Å². The van der Waals surface area contributed by atoms with E-state index in [4.69, 9.17) is 5.84 Å². The zero-order valence-corrected chi connectivity index (χ0v) is 13.6. The molecule has 4 N–H and O–H groups in total. The number of amides is 1. The van der Waals surface area contributed by atoms with Crippen LogP contribution in [0.25, 0.3) is 0 Å². The number of rotatable bonds is 3. The number of pyridine rings is 1. The molecule has 0 aliphatic heterocycles. The Hall–Kier alpha value is -2.67. The van der Waals surface area contributed by atoms with E-state index in [9.17, 15) is 14.0 Å². The lowest BCUT2D eigenvalue weighted by Crippen LogP contribution is -2.32. The molecule has 0 radical (unpaired) electrons. The summed E-state index contributed by atoms with van der Waals surface area (Å²) in [6, 6.07) is 5.82. The molecular weight excluding hydrogens is 299 g/mol. The third-order valence-electron chi connectivity index (χ3n) is 3.00. The van der Waals surface area contributed by atoms with Gasteiger partial charge in [0.15, 0.2) is 0 Å². The van der Waals surface area contributed by atoms with Gasteiger partial charge in [0.25, 0.3) is 11.5 Å². The molecule has 2 rings (SSSR count). The summed E-state index contributed by atoms with van der Waals surface area (Å²) in [6.45, 7) is 5.76. The molecule has 0 bridgehead atoms. The van der Waals surface area contributed by atoms with Crippen LogP contribution in [-0.2, 0) is 7.05 Å². The molecule has 6 nitrogen and oxygen atoms in total. The summed E-state index contributed by atoms with van der Waals surface area (Å²) in [5, 5.41) is 2.75. The number of carbonyl (C=O) groups excluding carboxylic acids is 1. The predicted molar refractivity (Wildman–Crippen MR) is 89.1 cm³/mol. The van der Waals surface area contributed by atoms with E-state index in [2.05, 4.69) is 5.32 Å². The lowest BCUT2D eigenvalue weighted by atomic mass is 10.2. The van der Waals surface area contributed by atoms with Gasteiger partial charge >= 0.3 is 0 Å². The number of halogens is 1. The number of hydrogen-bond acceptors (Lipinski definition) is 4. The average molecular weight is 320 g/mol. The number of aryl methyl sites for hydroxylation is 2. The zero-order chi connectivity index (χ0) is 17.6. The van der Waals surface area contributed by atoms with Crippen molar-refractivity contribution in [1.29, 1.82) is 0 Å². The summed E-state index contributed by atoms with van der Waals surface area (Å²) in [4.78, 5) is 23.4. The Labute approximate surface area is 134 Å². The Morgan fingerprint density at radius 2 is 1.87 bits per heavy atom. The largest absolute Gasteiger partial charge is 0.352 e. The third kappa shape index (κ3) is 4.40. The highest BCUT2D eigenvalue weighted by atomic mass is 19.1. The maximum Gasteiger partial charge on any atom is 0.268 e. The van der Waals surface area contributed by atoms with Crippen molar-refractivity contribution < 1.29 is 9.18 Å². The van der Waals surface area contributed by atoms with Gasteiger partial charge < -0.3 is 9.88 Å². The second-order valence-corrected chi connectivity index (χ2v) is 4.63. The minimum atomic E-state index is -0.583. The Morgan fingerprint density at radius 3 is 2.43 bits per heavy atom. The normalized spacial score (nSPS) is 9.65. The van der Waals surface area contributed by atoms with Gasteiger partial charge in [-0.15, -0.1) is 0 Å². The van der Waals surface area contributed by atoms with Crippen molar-refractivity contribution in [2.75, 3.05) is 5.32 Å². The van der Waals surface area contributed by atoms with E-state index in [0.717, 1.165) is 5.56 Å². The van der Waals surface area contributed by atoms with Crippen molar-refractivity contribution in [2.24, 2.45) is 12.9 Å². The second-order valence-electron chi connectivity index (χ2n) is 4.63. The summed E-state index contributed by atoms with van der Waals surface area (Å²) in [5.41, 5.74) is 2.91. The van der Waals surface area contributed by atoms with Crippen LogP contribution in [0.5, 0.6) is 0 Å². The summed E-state index contributed by atoms with van der Waals surface area (Å²) in [7, 11) is 1.51. The molecule has 7 heteroatoms. The van der Waals surface area contributed by atoms with Gasteiger partial charge in [-0.2, -0.15) is 0 Å². The smallest absolute Gasteiger partial charge is 0.268 e. The molecule has 0 aliphatic rings. The summed E-state index contributed by atoms with van der Waals surface area (Å²) < 4.78 is 15.1. The molecule has 0 saturated carbocycles. The minimum Gasteiger partial charge on any atom is -0.352 e. The van der Waals surface area contributed by atoms with Crippen LogP contribution in [0, 0.1) is 12.7 Å². The van der Waals surface area contributed by atoms with Gasteiger partial charge in [0.05, 0.1) is 16.9 Å². The molecule has 0 saturated heterocycles. The van der Waals surface area contributed by atoms with Crippen LogP contribution in [0.2, 0.25) is 0 Å². The Kier molecular flexibility index (Phi) is 6.47. The van der Waals surface area contributed by atoms with Crippen LogP contribution in [0.15, 0.2) is 35.3 Å². The van der Waals surface area contributed by atoms with E-state index in [1.807, 2.05) is 19.3 Å². The Balaban J connectivity index is 0.00000127. The Morgan fingerprint density at radius 1 is 1.22 bits per heavy atom. The molecule has 0 unspecified atom stereocenters. The highest BCUT2D eigenvalue weighted by Crippen LogP contribution is 2.22. The highest BCUT2D eigenvalue weighted by Gasteiger charge is 2.14. The monoisotopic (exact) mass is 320 g/mol. The van der Waals surface area contributed by atoms with Gasteiger partial charge in [-0.05, 0) is 24.6 Å². The number of nitrogens with one attached hydrogen (secondary N) is 2. The summed E-state index contributed by atoms with van der Waals surface area (Å²) >= 11 is 0. The SMILES string of the molecule is CC.Cc1ccc(Nc2cc(=O)n(C)cc2C(=O)NN)c(F)c1. The number of hydrazine groups is 1. The molecule has 1 aromatic heterocycles. The molecule has 0 aliphatic carbocycles. The van der Waals surface area contributed by atoms with Crippen LogP contribution in [0.1, 0.15) is 29.8 Å². The van der Waals surface area contributed by atoms with Crippen molar-refractivity contribution in [3.63, 3.8) is 0 Å². The van der Waals surface area contributed by atoms with Gasteiger partial charge in [-0.1, -0.05) is 19.9 Å². The molecule has 0 spiro atoms. The fraction of sp³-hybridized carbons (Fsp3) is 0.250. The number of nitrogens with zero attached hydrogens (tertiary/aromatic N) is 1. The predicted octanol–water partition coefficient (Wildman–Crippen LogP) is 2.21. The molecule has 124 valence electrons. The maximum absolute atomic E-state index is 13.9. The quantitative estimate of drug-likeness (QED) is 0.459. The highest BCUT2D eigenvalue weighted by molar-refractivity contribution is 5.99. The van der Waals surface area contributed by atoms with E-state index in [1.165, 1.54) is 36.0 Å². The molecular formula is C16H21FN4O2. The molecule has 2 aromatic rings. The number of benzene rings is 1. The number of hydrogen-bond donors (Lipinski definition) is 3. The van der Waals surface area contributed by atoms with Crippen molar-refractivity contribution >= 4 is 17.3 Å². The fourth-order valence-corrected chi connectivity index (χ4v) is 1.86. The van der Waals surface area contributed by atoms with E-state index in [1.54, 1.807) is 13.0 Å². The number of nitrogens with two attached hydrogens (primary N) is 1. The lowest BCUT2D eigenvalue weighted by Gasteiger charge is -2.13. The minimum absolute atomic E-state index is 0.138. The second kappa shape index (κ2) is 8.09. The first-order valence-corrected chi connectivity index (χ1v) is 7.17. The van der Waals surface area contributed by atoms with E-state index in [-0.39, 0.29) is 22.5 Å². The maximum atomic E-state index is 13.9. The molecule has 1 amide bonds. The number of anilines is 2. The van der Waals surface area contributed by atoms with Crippen LogP contribution in [-0.4, -0.2) is 10.5 Å². The topological polar surface area (TPSA) is 89.2 Å². The van der Waals surface area contributed by atoms with E-state index < -0.39 is 11.7 Å². The third-order valence-corrected chi connectivity index (χ3v) is 3.00. The number of carbonyl (C=O) groups is 1. The zero-order valence-electron chi connectivity index (χ0n) is 13.6. The first-order chi connectivity index (χ1) is 10.9. The molecule has 1 aromatic carbocycles. The molecule has 0 atom stereocenters. The first kappa shape index (κ1) is 18.4. The van der Waals surface area contributed by atoms with Gasteiger partial charge in [0, 0.05) is 19.3 Å². The van der Waals surface area contributed by atoms with Crippen LogP contribution >= 0.6 is 0 Å². The molecule has 1 heterocycles. The van der Waals surface area contributed by atoms with Gasteiger partial charge in [-0.25, -0.2) is 10.2 Å². The van der Waals surface area contributed by atoms with Crippen LogP contribution < -0.4 is 22.1 Å². The van der Waals surface area contributed by atoms with E-state index in [0.29, 0.717) is 0 Å². The van der Waals surface area contributed by atoms with Crippen molar-refractivity contribution in [3.8, 4) is 0 Å². The Bertz CT molecular complexity index is 756. The fourth-order valence-electron chi connectivity index (χ4n) is 1.86. The first-order valence-electron chi connectivity index (χ1n) is 7.17. The summed E-state index contributed by atoms with van der Waals surface area (Å²) in [6.07, 6.45) is 1.33. The molecule has 0 fully saturated rings. The standard InChI is InChI=1S/C14H15FN4O2.C2H6/c1-8-3-4-11(10(15)5-8)17-12-6-13(20)19(2)7-9(12)14(21)18-16;1-2/h3-7,17H,16H2,1-2H3,(H,18,21);1-2H3. The van der Waals surface area contributed by atoms with Crippen molar-refractivity contribution in [2.45, 2.75) is 20.8 Å². The number of aromatic nitrogens is 1. The van der Waals surface area contributed by atoms with Gasteiger partial charge in [-0.3, -0.25) is 15.0 Å².